The lowest BCUT2D eigenvalue weighted by Crippen LogP contribution is -1.95. The molecule has 0 radical (unpaired) electrons. The molecule has 0 saturated heterocycles. The quantitative estimate of drug-likeness (QED) is 0.113. The maximum Gasteiger partial charge on any atom is 0.0940 e. The van der Waals surface area contributed by atoms with Crippen LogP contribution in [0.4, 0.5) is 0 Å². The molecule has 0 bridgehead atoms. The zero-order valence-corrected chi connectivity index (χ0v) is 19.8. The summed E-state index contributed by atoms with van der Waals surface area (Å²) in [4.78, 5) is 0. The first-order valence-corrected chi connectivity index (χ1v) is 12.9. The van der Waals surface area contributed by atoms with Crippen molar-refractivity contribution in [1.82, 2.24) is 0 Å². The van der Waals surface area contributed by atoms with E-state index in [0.717, 1.165) is 30.3 Å². The molecule has 1 aliphatic carbocycles. The number of nitriles is 1. The molecule has 1 saturated carbocycles. The van der Waals surface area contributed by atoms with Gasteiger partial charge in [0.25, 0.3) is 0 Å². The topological polar surface area (TPSA) is 23.8 Å². The van der Waals surface area contributed by atoms with Crippen molar-refractivity contribution in [2.45, 2.75) is 136 Å². The smallest absolute Gasteiger partial charge is 0.0940 e. The summed E-state index contributed by atoms with van der Waals surface area (Å²) in [5.74, 6) is 1.90. The van der Waals surface area contributed by atoms with E-state index < -0.39 is 0 Å². The predicted molar refractivity (Wildman–Crippen MR) is 129 cm³/mol. The van der Waals surface area contributed by atoms with E-state index in [1.54, 1.807) is 5.57 Å². The number of hydrogen-bond acceptors (Lipinski definition) is 1. The van der Waals surface area contributed by atoms with Crippen LogP contribution in [0.15, 0.2) is 23.8 Å². The van der Waals surface area contributed by atoms with Crippen LogP contribution in [0.1, 0.15) is 136 Å². The second-order valence-corrected chi connectivity index (χ2v) is 9.65. The van der Waals surface area contributed by atoms with Gasteiger partial charge in [0.05, 0.1) is 6.07 Å². The lowest BCUT2D eigenvalue weighted by molar-refractivity contribution is 0.434. The Morgan fingerprint density at radius 3 is 2.28 bits per heavy atom. The highest BCUT2D eigenvalue weighted by atomic mass is 14.3. The van der Waals surface area contributed by atoms with Gasteiger partial charge in [-0.2, -0.15) is 5.26 Å². The Labute approximate surface area is 183 Å². The molecule has 29 heavy (non-hydrogen) atoms. The van der Waals surface area contributed by atoms with Crippen molar-refractivity contribution in [1.29, 1.82) is 5.26 Å². The zero-order valence-electron chi connectivity index (χ0n) is 19.8. The Morgan fingerprint density at radius 1 is 0.966 bits per heavy atom. The third kappa shape index (κ3) is 15.5. The molecule has 0 N–H and O–H groups in total. The van der Waals surface area contributed by atoms with E-state index in [4.69, 9.17) is 5.26 Å². The Bertz CT molecular complexity index is 481. The zero-order chi connectivity index (χ0) is 21.2. The minimum Gasteiger partial charge on any atom is -0.193 e. The lowest BCUT2D eigenvalue weighted by atomic mass is 9.96. The molecule has 1 fully saturated rings. The van der Waals surface area contributed by atoms with Gasteiger partial charge in [0, 0.05) is 5.57 Å². The molecular weight excluding hydrogens is 350 g/mol. The summed E-state index contributed by atoms with van der Waals surface area (Å²) in [5.41, 5.74) is 2.51. The van der Waals surface area contributed by atoms with Gasteiger partial charge in [0.15, 0.2) is 0 Å². The Kier molecular flexibility index (Phi) is 16.0. The minimum absolute atomic E-state index is 0.739. The highest BCUT2D eigenvalue weighted by Crippen LogP contribution is 2.42. The summed E-state index contributed by atoms with van der Waals surface area (Å²) in [7, 11) is 0. The molecule has 1 nitrogen and oxygen atoms in total. The van der Waals surface area contributed by atoms with Crippen molar-refractivity contribution in [2.75, 3.05) is 0 Å². The van der Waals surface area contributed by atoms with Crippen LogP contribution >= 0.6 is 0 Å². The average molecular weight is 400 g/mol. The van der Waals surface area contributed by atoms with Crippen molar-refractivity contribution in [3.05, 3.63) is 23.8 Å². The molecule has 0 aromatic carbocycles. The van der Waals surface area contributed by atoms with E-state index in [9.17, 15) is 0 Å². The molecule has 2 atom stereocenters. The van der Waals surface area contributed by atoms with Gasteiger partial charge < -0.3 is 0 Å². The highest BCUT2D eigenvalue weighted by Gasteiger charge is 2.27. The maximum atomic E-state index is 8.68. The van der Waals surface area contributed by atoms with Crippen LogP contribution in [0.3, 0.4) is 0 Å². The molecule has 0 amide bonds. The lowest BCUT2D eigenvalue weighted by Gasteiger charge is -2.10. The minimum atomic E-state index is 0.739. The molecule has 0 heterocycles. The van der Waals surface area contributed by atoms with Crippen molar-refractivity contribution in [2.24, 2.45) is 11.8 Å². The van der Waals surface area contributed by atoms with E-state index in [1.807, 2.05) is 0 Å². The molecule has 0 aliphatic heterocycles. The molecule has 2 unspecified atom stereocenters. The molecule has 1 aliphatic rings. The standard InChI is InChI=1S/C28H49N/c1-4-5-6-13-18-25(2)19-15-12-17-22-28-23-27(28)21-16-11-9-7-8-10-14-20-26(3)24-29/h21,25,28H,3-20,22-23H2,1-2H3/b27-21-. The van der Waals surface area contributed by atoms with Crippen LogP contribution < -0.4 is 0 Å². The fourth-order valence-electron chi connectivity index (χ4n) is 4.42. The molecule has 0 spiro atoms. The summed E-state index contributed by atoms with van der Waals surface area (Å²) in [6, 6.07) is 2.14. The third-order valence-corrected chi connectivity index (χ3v) is 6.64. The van der Waals surface area contributed by atoms with Gasteiger partial charge in [-0.05, 0) is 50.4 Å². The molecule has 1 rings (SSSR count). The highest BCUT2D eigenvalue weighted by molar-refractivity contribution is 5.22. The number of rotatable bonds is 20. The normalized spacial score (nSPS) is 18.0. The molecule has 166 valence electrons. The number of hydrogen-bond donors (Lipinski definition) is 0. The van der Waals surface area contributed by atoms with Crippen molar-refractivity contribution in [3.63, 3.8) is 0 Å². The van der Waals surface area contributed by atoms with Crippen LogP contribution in [0.25, 0.3) is 0 Å². The first-order valence-electron chi connectivity index (χ1n) is 12.9. The second-order valence-electron chi connectivity index (χ2n) is 9.65. The van der Waals surface area contributed by atoms with Crippen LogP contribution in [-0.2, 0) is 0 Å². The van der Waals surface area contributed by atoms with E-state index in [0.29, 0.717) is 0 Å². The van der Waals surface area contributed by atoms with E-state index >= 15 is 0 Å². The SMILES string of the molecule is C=C(C#N)CCCCCCCC/C=C1/CC1CCCCCC(C)CCCCCC. The predicted octanol–water partition coefficient (Wildman–Crippen LogP) is 9.69. The molecular formula is C28H49N. The van der Waals surface area contributed by atoms with E-state index in [1.165, 1.54) is 109 Å². The van der Waals surface area contributed by atoms with E-state index in [2.05, 4.69) is 32.6 Å². The molecule has 1 heteroatoms. The summed E-state index contributed by atoms with van der Waals surface area (Å²) in [6.45, 7) is 8.50. The Morgan fingerprint density at radius 2 is 1.59 bits per heavy atom. The van der Waals surface area contributed by atoms with Crippen molar-refractivity contribution < 1.29 is 0 Å². The monoisotopic (exact) mass is 399 g/mol. The van der Waals surface area contributed by atoms with Crippen LogP contribution in [-0.4, -0.2) is 0 Å². The van der Waals surface area contributed by atoms with Crippen molar-refractivity contribution >= 4 is 0 Å². The summed E-state index contributed by atoms with van der Waals surface area (Å²) < 4.78 is 0. The molecule has 0 aromatic rings. The number of unbranched alkanes of at least 4 members (excludes halogenated alkanes) is 11. The second kappa shape index (κ2) is 17.8. The summed E-state index contributed by atoms with van der Waals surface area (Å²) in [6.07, 6.45) is 28.3. The van der Waals surface area contributed by atoms with Gasteiger partial charge in [-0.25, -0.2) is 0 Å². The Balaban J connectivity index is 1.84. The summed E-state index contributed by atoms with van der Waals surface area (Å²) >= 11 is 0. The van der Waals surface area contributed by atoms with Gasteiger partial charge in [-0.15, -0.1) is 0 Å². The molecule has 0 aromatic heterocycles. The van der Waals surface area contributed by atoms with Gasteiger partial charge in [-0.3, -0.25) is 0 Å². The van der Waals surface area contributed by atoms with Crippen LogP contribution in [0, 0.1) is 23.2 Å². The summed E-state index contributed by atoms with van der Waals surface area (Å²) in [5, 5.41) is 8.68. The fraction of sp³-hybridized carbons (Fsp3) is 0.821. The van der Waals surface area contributed by atoms with Gasteiger partial charge in [0.1, 0.15) is 0 Å². The van der Waals surface area contributed by atoms with Crippen LogP contribution in [0.2, 0.25) is 0 Å². The average Bonchev–Trinajstić information content (AvgIpc) is 3.47. The van der Waals surface area contributed by atoms with Crippen molar-refractivity contribution in [3.8, 4) is 6.07 Å². The fourth-order valence-corrected chi connectivity index (χ4v) is 4.42. The van der Waals surface area contributed by atoms with E-state index in [-0.39, 0.29) is 0 Å². The largest absolute Gasteiger partial charge is 0.193 e. The van der Waals surface area contributed by atoms with Gasteiger partial charge >= 0.3 is 0 Å². The first-order chi connectivity index (χ1) is 14.2. The first kappa shape index (κ1) is 26.0. The van der Waals surface area contributed by atoms with Crippen LogP contribution in [0.5, 0.6) is 0 Å². The third-order valence-electron chi connectivity index (χ3n) is 6.64. The number of allylic oxidation sites excluding steroid dienone is 3. The van der Waals surface area contributed by atoms with Gasteiger partial charge in [0.2, 0.25) is 0 Å². The maximum absolute atomic E-state index is 8.68. The number of nitrogens with zero attached hydrogens (tertiary/aromatic N) is 1. The van der Waals surface area contributed by atoms with Gasteiger partial charge in [-0.1, -0.05) is 116 Å². The Hall–Kier alpha value is -1.03.